The van der Waals surface area contributed by atoms with Crippen molar-refractivity contribution >= 4 is 34.5 Å². The van der Waals surface area contributed by atoms with Gasteiger partial charge in [-0.25, -0.2) is 9.50 Å². The molecule has 34 heavy (non-hydrogen) atoms. The van der Waals surface area contributed by atoms with Gasteiger partial charge in [0.15, 0.2) is 11.3 Å². The number of nitrogens with one attached hydrogen (secondary N) is 1. The third-order valence-corrected chi connectivity index (χ3v) is 6.85. The maximum atomic E-state index is 13.2. The minimum atomic E-state index is -4.57. The molecule has 0 unspecified atom stereocenters. The summed E-state index contributed by atoms with van der Waals surface area (Å²) in [5.74, 6) is 0.121. The Balaban J connectivity index is 1.42. The largest absolute Gasteiger partial charge is 0.434 e. The summed E-state index contributed by atoms with van der Waals surface area (Å²) in [7, 11) is 1.55. The van der Waals surface area contributed by atoms with Crippen LogP contribution in [-0.2, 0) is 13.2 Å². The van der Waals surface area contributed by atoms with Gasteiger partial charge in [-0.1, -0.05) is 0 Å². The van der Waals surface area contributed by atoms with Crippen molar-refractivity contribution in [2.24, 2.45) is 7.05 Å². The molecule has 5 rings (SSSR count). The van der Waals surface area contributed by atoms with Crippen molar-refractivity contribution in [2.75, 3.05) is 16.8 Å². The zero-order valence-corrected chi connectivity index (χ0v) is 19.4. The average Bonchev–Trinajstić information content (AvgIpc) is 3.52. The zero-order valence-electron chi connectivity index (χ0n) is 18.6. The van der Waals surface area contributed by atoms with Gasteiger partial charge in [0.2, 0.25) is 5.95 Å². The van der Waals surface area contributed by atoms with Gasteiger partial charge in [0.25, 0.3) is 5.91 Å². The number of halogens is 3. The number of alkyl halides is 3. The van der Waals surface area contributed by atoms with Crippen LogP contribution in [0.25, 0.3) is 16.2 Å². The fourth-order valence-electron chi connectivity index (χ4n) is 4.13. The summed E-state index contributed by atoms with van der Waals surface area (Å²) < 4.78 is 42.6. The highest BCUT2D eigenvalue weighted by atomic mass is 32.1. The van der Waals surface area contributed by atoms with Gasteiger partial charge in [0, 0.05) is 42.5 Å². The normalized spacial score (nSPS) is 16.5. The van der Waals surface area contributed by atoms with Gasteiger partial charge >= 0.3 is 6.18 Å². The van der Waals surface area contributed by atoms with E-state index in [1.807, 2.05) is 0 Å². The molecule has 0 radical (unpaired) electrons. The van der Waals surface area contributed by atoms with E-state index in [4.69, 9.17) is 0 Å². The van der Waals surface area contributed by atoms with Gasteiger partial charge in [-0.15, -0.1) is 16.4 Å². The van der Waals surface area contributed by atoms with E-state index in [1.54, 1.807) is 29.9 Å². The molecule has 0 aliphatic carbocycles. The maximum Gasteiger partial charge on any atom is 0.434 e. The molecule has 1 amide bonds. The molecule has 0 saturated carbocycles. The summed E-state index contributed by atoms with van der Waals surface area (Å²) in [4.78, 5) is 23.6. The van der Waals surface area contributed by atoms with E-state index in [0.717, 1.165) is 30.7 Å². The van der Waals surface area contributed by atoms with E-state index in [1.165, 1.54) is 17.8 Å². The van der Waals surface area contributed by atoms with Crippen molar-refractivity contribution in [3.63, 3.8) is 0 Å². The van der Waals surface area contributed by atoms with Crippen molar-refractivity contribution in [1.82, 2.24) is 29.4 Å². The lowest BCUT2D eigenvalue weighted by Gasteiger charge is -2.18. The molecule has 1 saturated heterocycles. The van der Waals surface area contributed by atoms with E-state index in [-0.39, 0.29) is 21.1 Å². The van der Waals surface area contributed by atoms with E-state index < -0.39 is 17.8 Å². The monoisotopic (exact) mass is 490 g/mol. The second-order valence-electron chi connectivity index (χ2n) is 8.22. The average molecular weight is 491 g/mol. The Morgan fingerprint density at radius 1 is 1.29 bits per heavy atom. The van der Waals surface area contributed by atoms with E-state index >= 15 is 0 Å². The van der Waals surface area contributed by atoms with Crippen molar-refractivity contribution in [3.05, 3.63) is 40.8 Å². The number of nitrogens with zero attached hydrogens (tertiary/aromatic N) is 7. The van der Waals surface area contributed by atoms with Gasteiger partial charge in [0.1, 0.15) is 10.7 Å². The number of rotatable bonds is 4. The Hall–Kier alpha value is -3.48. The summed E-state index contributed by atoms with van der Waals surface area (Å²) in [6.45, 7) is 4.39. The highest BCUT2D eigenvalue weighted by Crippen LogP contribution is 2.38. The number of pyridine rings is 1. The lowest BCUT2D eigenvalue weighted by molar-refractivity contribution is -0.141. The minimum absolute atomic E-state index is 0.0260. The van der Waals surface area contributed by atoms with Crippen molar-refractivity contribution in [3.8, 4) is 10.6 Å². The Kier molecular flexibility index (Phi) is 5.30. The highest BCUT2D eigenvalue weighted by Gasteiger charge is 2.37. The quantitative estimate of drug-likeness (QED) is 0.462. The zero-order chi connectivity index (χ0) is 24.2. The predicted octanol–water partition coefficient (Wildman–Crippen LogP) is 4.15. The molecular weight excluding hydrogens is 469 g/mol. The molecule has 178 valence electrons. The van der Waals surface area contributed by atoms with Crippen LogP contribution in [0.5, 0.6) is 0 Å². The third kappa shape index (κ3) is 3.89. The first-order valence-corrected chi connectivity index (χ1v) is 11.4. The molecule has 1 atom stereocenters. The number of aromatic nitrogens is 6. The van der Waals surface area contributed by atoms with Gasteiger partial charge in [-0.05, 0) is 32.8 Å². The van der Waals surface area contributed by atoms with Crippen LogP contribution in [0.1, 0.15) is 40.8 Å². The Morgan fingerprint density at radius 2 is 2.09 bits per heavy atom. The number of hydrogen-bond acceptors (Lipinski definition) is 7. The van der Waals surface area contributed by atoms with Gasteiger partial charge in [0.05, 0.1) is 11.8 Å². The number of amides is 1. The molecule has 5 heterocycles. The highest BCUT2D eigenvalue weighted by molar-refractivity contribution is 7.15. The van der Waals surface area contributed by atoms with Crippen molar-refractivity contribution < 1.29 is 18.0 Å². The second-order valence-corrected chi connectivity index (χ2v) is 9.42. The van der Waals surface area contributed by atoms with Gasteiger partial charge < -0.3 is 10.2 Å². The molecule has 13 heteroatoms. The van der Waals surface area contributed by atoms with E-state index in [0.29, 0.717) is 23.3 Å². The van der Waals surface area contributed by atoms with Gasteiger partial charge in [-0.3, -0.25) is 9.48 Å². The van der Waals surface area contributed by atoms with Crippen molar-refractivity contribution in [1.29, 1.82) is 0 Å². The smallest absolute Gasteiger partial charge is 0.337 e. The fraction of sp³-hybridized carbons (Fsp3) is 0.381. The maximum absolute atomic E-state index is 13.2. The van der Waals surface area contributed by atoms with Crippen LogP contribution in [-0.4, -0.2) is 47.9 Å². The summed E-state index contributed by atoms with van der Waals surface area (Å²) in [5.41, 5.74) is 0.433. The lowest BCUT2D eigenvalue weighted by atomic mass is 10.2. The molecule has 4 aromatic heterocycles. The first-order valence-electron chi connectivity index (χ1n) is 10.6. The first kappa shape index (κ1) is 22.3. The molecule has 1 fully saturated rings. The summed E-state index contributed by atoms with van der Waals surface area (Å²) in [5, 5.41) is 11.5. The number of hydrogen-bond donors (Lipinski definition) is 1. The molecule has 1 N–H and O–H groups in total. The van der Waals surface area contributed by atoms with Crippen LogP contribution in [0.3, 0.4) is 0 Å². The molecule has 1 aliphatic rings. The number of fused-ring (bicyclic) bond motifs is 1. The van der Waals surface area contributed by atoms with Crippen LogP contribution in [0.4, 0.5) is 24.8 Å². The SMILES string of the molecule is Cc1sc(-c2cnn(C)c2C(=O)Nc2ccn3nc(N4CCC[C@@H]4C)nc3c2)nc1C(F)(F)F. The standard InChI is InChI=1S/C21H21F3N8OS/c1-11-5-4-7-31(11)20-27-15-9-13(6-8-32(15)29-20)26-18(33)16-14(10-25-30(16)3)19-28-17(12(2)34-19)21(22,23)24/h6,8-11H,4-5,7H2,1-3H3,(H,26,33)/t11-/m0/s1. The number of aryl methyl sites for hydroxylation is 2. The summed E-state index contributed by atoms with van der Waals surface area (Å²) >= 11 is 0.872. The van der Waals surface area contributed by atoms with E-state index in [9.17, 15) is 18.0 Å². The first-order chi connectivity index (χ1) is 16.1. The van der Waals surface area contributed by atoms with Crippen LogP contribution >= 0.6 is 11.3 Å². The molecule has 0 aromatic carbocycles. The second kappa shape index (κ2) is 8.08. The van der Waals surface area contributed by atoms with Crippen LogP contribution in [0.15, 0.2) is 24.5 Å². The van der Waals surface area contributed by atoms with Crippen LogP contribution in [0, 0.1) is 6.92 Å². The molecular formula is C21H21F3N8OS. The number of carbonyl (C=O) groups is 1. The Morgan fingerprint density at radius 3 is 2.76 bits per heavy atom. The third-order valence-electron chi connectivity index (χ3n) is 5.84. The number of anilines is 2. The minimum Gasteiger partial charge on any atom is -0.337 e. The summed E-state index contributed by atoms with van der Waals surface area (Å²) in [6.07, 6.45) is 0.661. The van der Waals surface area contributed by atoms with Crippen LogP contribution < -0.4 is 10.2 Å². The number of thiazole rings is 1. The molecule has 4 aromatic rings. The summed E-state index contributed by atoms with van der Waals surface area (Å²) in [6, 6.07) is 3.75. The molecule has 1 aliphatic heterocycles. The fourth-order valence-corrected chi connectivity index (χ4v) is 5.07. The Labute approximate surface area is 196 Å². The number of carbonyl (C=O) groups excluding carboxylic acids is 1. The van der Waals surface area contributed by atoms with Crippen LogP contribution in [0.2, 0.25) is 0 Å². The van der Waals surface area contributed by atoms with Gasteiger partial charge in [-0.2, -0.15) is 23.3 Å². The predicted molar refractivity (Wildman–Crippen MR) is 121 cm³/mol. The molecule has 0 spiro atoms. The topological polar surface area (TPSA) is 93.2 Å². The van der Waals surface area contributed by atoms with Crippen molar-refractivity contribution in [2.45, 2.75) is 38.9 Å². The molecule has 9 nitrogen and oxygen atoms in total. The molecule has 0 bridgehead atoms. The Bertz CT molecular complexity index is 1390. The van der Waals surface area contributed by atoms with E-state index in [2.05, 4.69) is 37.3 Å². The lowest BCUT2D eigenvalue weighted by Crippen LogP contribution is -2.27.